The molecule has 28 heavy (non-hydrogen) atoms. The second-order valence-corrected chi connectivity index (χ2v) is 6.72. The number of H-pyrrole nitrogens is 2. The van der Waals surface area contributed by atoms with Gasteiger partial charge >= 0.3 is 0 Å². The van der Waals surface area contributed by atoms with Crippen LogP contribution in [0, 0.1) is 11.3 Å². The SMILES string of the molecule is CC.N#CC1(c2nc3ccccc3[nH]2)CCN(c2ncnc3[nH]ccc23)CC1. The number of anilines is 1. The third-order valence-electron chi connectivity index (χ3n) is 5.31. The molecule has 1 aromatic carbocycles. The van der Waals surface area contributed by atoms with E-state index in [-0.39, 0.29) is 0 Å². The summed E-state index contributed by atoms with van der Waals surface area (Å²) in [7, 11) is 0. The van der Waals surface area contributed by atoms with Gasteiger partial charge in [0, 0.05) is 19.3 Å². The summed E-state index contributed by atoms with van der Waals surface area (Å²) in [6.07, 6.45) is 4.87. The van der Waals surface area contributed by atoms with Crippen molar-refractivity contribution < 1.29 is 0 Å². The molecular formula is C21H23N7. The van der Waals surface area contributed by atoms with Crippen molar-refractivity contribution >= 4 is 27.9 Å². The van der Waals surface area contributed by atoms with Crippen molar-refractivity contribution in [2.24, 2.45) is 0 Å². The third kappa shape index (κ3) is 2.87. The van der Waals surface area contributed by atoms with Gasteiger partial charge in [0.15, 0.2) is 0 Å². The zero-order valence-electron chi connectivity index (χ0n) is 16.1. The summed E-state index contributed by atoms with van der Waals surface area (Å²) in [5.74, 6) is 1.70. The lowest BCUT2D eigenvalue weighted by Crippen LogP contribution is -2.43. The molecule has 0 unspecified atom stereocenters. The van der Waals surface area contributed by atoms with Crippen LogP contribution in [0.25, 0.3) is 22.1 Å². The van der Waals surface area contributed by atoms with Crippen LogP contribution in [0.3, 0.4) is 0 Å². The highest BCUT2D eigenvalue weighted by Gasteiger charge is 2.39. The topological polar surface area (TPSA) is 97.3 Å². The van der Waals surface area contributed by atoms with Crippen LogP contribution in [-0.4, -0.2) is 38.0 Å². The fraction of sp³-hybridized carbons (Fsp3) is 0.333. The van der Waals surface area contributed by atoms with Crippen molar-refractivity contribution in [1.82, 2.24) is 24.9 Å². The molecule has 0 amide bonds. The molecule has 4 heterocycles. The molecule has 0 spiro atoms. The largest absolute Gasteiger partial charge is 0.356 e. The first-order valence-electron chi connectivity index (χ1n) is 9.69. The first-order valence-corrected chi connectivity index (χ1v) is 9.69. The van der Waals surface area contributed by atoms with Crippen molar-refractivity contribution in [3.8, 4) is 6.07 Å². The van der Waals surface area contributed by atoms with Crippen molar-refractivity contribution in [3.05, 3.63) is 48.7 Å². The van der Waals surface area contributed by atoms with E-state index in [0.717, 1.165) is 46.8 Å². The van der Waals surface area contributed by atoms with E-state index in [2.05, 4.69) is 30.9 Å². The molecule has 7 nitrogen and oxygen atoms in total. The number of hydrogen-bond acceptors (Lipinski definition) is 5. The minimum Gasteiger partial charge on any atom is -0.356 e. The zero-order chi connectivity index (χ0) is 19.6. The van der Waals surface area contributed by atoms with Crippen LogP contribution < -0.4 is 4.90 Å². The molecule has 0 aliphatic carbocycles. The number of nitrogens with zero attached hydrogens (tertiary/aromatic N) is 5. The van der Waals surface area contributed by atoms with Gasteiger partial charge in [0.25, 0.3) is 0 Å². The van der Waals surface area contributed by atoms with Crippen LogP contribution in [-0.2, 0) is 5.41 Å². The van der Waals surface area contributed by atoms with E-state index in [4.69, 9.17) is 4.98 Å². The lowest BCUT2D eigenvalue weighted by atomic mass is 9.79. The van der Waals surface area contributed by atoms with Crippen molar-refractivity contribution in [3.63, 3.8) is 0 Å². The summed E-state index contributed by atoms with van der Waals surface area (Å²) in [4.78, 5) is 22.1. The van der Waals surface area contributed by atoms with E-state index in [1.54, 1.807) is 6.33 Å². The maximum Gasteiger partial charge on any atom is 0.142 e. The molecule has 4 aromatic rings. The maximum absolute atomic E-state index is 9.96. The Morgan fingerprint density at radius 2 is 1.89 bits per heavy atom. The molecule has 1 aliphatic heterocycles. The van der Waals surface area contributed by atoms with E-state index < -0.39 is 5.41 Å². The van der Waals surface area contributed by atoms with E-state index in [1.807, 2.05) is 50.4 Å². The summed E-state index contributed by atoms with van der Waals surface area (Å²) in [6, 6.07) is 12.4. The van der Waals surface area contributed by atoms with Gasteiger partial charge in [0.05, 0.1) is 22.5 Å². The number of fused-ring (bicyclic) bond motifs is 2. The second kappa shape index (κ2) is 7.31. The Morgan fingerprint density at radius 1 is 1.11 bits per heavy atom. The van der Waals surface area contributed by atoms with Crippen LogP contribution in [0.4, 0.5) is 5.82 Å². The summed E-state index contributed by atoms with van der Waals surface area (Å²) in [5, 5.41) is 11.0. The predicted molar refractivity (Wildman–Crippen MR) is 110 cm³/mol. The van der Waals surface area contributed by atoms with Crippen LogP contribution in [0.15, 0.2) is 42.9 Å². The molecule has 0 atom stereocenters. The average molecular weight is 373 g/mol. The van der Waals surface area contributed by atoms with Crippen molar-refractivity contribution in [1.29, 1.82) is 5.26 Å². The Morgan fingerprint density at radius 3 is 2.64 bits per heavy atom. The minimum absolute atomic E-state index is 0.584. The van der Waals surface area contributed by atoms with Gasteiger partial charge in [0.1, 0.15) is 29.0 Å². The quantitative estimate of drug-likeness (QED) is 0.555. The van der Waals surface area contributed by atoms with E-state index >= 15 is 0 Å². The van der Waals surface area contributed by atoms with Crippen LogP contribution >= 0.6 is 0 Å². The van der Waals surface area contributed by atoms with Crippen molar-refractivity contribution in [2.45, 2.75) is 32.1 Å². The smallest absolute Gasteiger partial charge is 0.142 e. The molecule has 1 fully saturated rings. The highest BCUT2D eigenvalue weighted by atomic mass is 15.2. The normalized spacial score (nSPS) is 15.8. The van der Waals surface area contributed by atoms with Gasteiger partial charge in [-0.15, -0.1) is 0 Å². The third-order valence-corrected chi connectivity index (χ3v) is 5.31. The standard InChI is InChI=1S/C19H17N7.C2H6/c20-11-19(18-24-14-3-1-2-4-15(14)25-18)6-9-26(10-7-19)17-13-5-8-21-16(13)22-12-23-17;1-2/h1-5,8,12H,6-7,9-10H2,(H,24,25)(H,21,22,23);1-2H3. The number of hydrogen-bond donors (Lipinski definition) is 2. The van der Waals surface area contributed by atoms with E-state index in [1.165, 1.54) is 0 Å². The average Bonchev–Trinajstić information content (AvgIpc) is 3.42. The number of rotatable bonds is 2. The number of piperidine rings is 1. The van der Waals surface area contributed by atoms with Crippen LogP contribution in [0.2, 0.25) is 0 Å². The van der Waals surface area contributed by atoms with Gasteiger partial charge in [-0.05, 0) is 31.0 Å². The number of nitriles is 1. The van der Waals surface area contributed by atoms with Gasteiger partial charge in [-0.3, -0.25) is 0 Å². The highest BCUT2D eigenvalue weighted by Crippen LogP contribution is 2.36. The zero-order valence-corrected chi connectivity index (χ0v) is 16.1. The van der Waals surface area contributed by atoms with Gasteiger partial charge in [-0.2, -0.15) is 5.26 Å². The number of aromatic amines is 2. The molecular weight excluding hydrogens is 350 g/mol. The maximum atomic E-state index is 9.96. The van der Waals surface area contributed by atoms with Gasteiger partial charge in [-0.1, -0.05) is 26.0 Å². The molecule has 1 aliphatic rings. The highest BCUT2D eigenvalue weighted by molar-refractivity contribution is 5.87. The Hall–Kier alpha value is -3.40. The summed E-state index contributed by atoms with van der Waals surface area (Å²) in [6.45, 7) is 5.50. The fourth-order valence-corrected chi connectivity index (χ4v) is 3.79. The fourth-order valence-electron chi connectivity index (χ4n) is 3.79. The van der Waals surface area contributed by atoms with Crippen molar-refractivity contribution in [2.75, 3.05) is 18.0 Å². The summed E-state index contributed by atoms with van der Waals surface area (Å²) in [5.41, 5.74) is 2.14. The Bertz CT molecular complexity index is 1090. The molecule has 0 saturated carbocycles. The number of benzene rings is 1. The predicted octanol–water partition coefficient (Wildman–Crippen LogP) is 3.92. The summed E-state index contributed by atoms with van der Waals surface area (Å²) < 4.78 is 0. The lowest BCUT2D eigenvalue weighted by Gasteiger charge is -2.36. The van der Waals surface area contributed by atoms with E-state index in [9.17, 15) is 5.26 Å². The molecule has 3 aromatic heterocycles. The van der Waals surface area contributed by atoms with Crippen LogP contribution in [0.1, 0.15) is 32.5 Å². The molecule has 0 radical (unpaired) electrons. The first kappa shape index (κ1) is 18.0. The minimum atomic E-state index is -0.584. The number of nitrogens with one attached hydrogen (secondary N) is 2. The Kier molecular flexibility index (Phi) is 4.70. The molecule has 1 saturated heterocycles. The Balaban J connectivity index is 0.000000932. The summed E-state index contributed by atoms with van der Waals surface area (Å²) >= 11 is 0. The van der Waals surface area contributed by atoms with Gasteiger partial charge in [0.2, 0.25) is 0 Å². The molecule has 7 heteroatoms. The van der Waals surface area contributed by atoms with Gasteiger partial charge in [-0.25, -0.2) is 15.0 Å². The van der Waals surface area contributed by atoms with Gasteiger partial charge < -0.3 is 14.9 Å². The number of para-hydroxylation sites is 2. The molecule has 5 rings (SSSR count). The Labute approximate surface area is 163 Å². The monoisotopic (exact) mass is 373 g/mol. The molecule has 0 bridgehead atoms. The van der Waals surface area contributed by atoms with E-state index in [0.29, 0.717) is 12.8 Å². The molecule has 2 N–H and O–H groups in total. The molecule has 142 valence electrons. The second-order valence-electron chi connectivity index (χ2n) is 6.72. The van der Waals surface area contributed by atoms with Crippen LogP contribution in [0.5, 0.6) is 0 Å². The number of aromatic nitrogens is 5. The lowest BCUT2D eigenvalue weighted by molar-refractivity contribution is 0.398. The first-order chi connectivity index (χ1) is 13.8. The number of imidazole rings is 1.